The molecule has 0 radical (unpaired) electrons. The van der Waals surface area contributed by atoms with E-state index in [1.54, 1.807) is 0 Å². The minimum Gasteiger partial charge on any atom is -0.385 e. The summed E-state index contributed by atoms with van der Waals surface area (Å²) in [5, 5.41) is 3.36. The predicted molar refractivity (Wildman–Crippen MR) is 121 cm³/mol. The quantitative estimate of drug-likeness (QED) is 0.619. The largest absolute Gasteiger partial charge is 0.385 e. The highest BCUT2D eigenvalue weighted by Crippen LogP contribution is 2.37. The summed E-state index contributed by atoms with van der Waals surface area (Å²) in [5.74, 6) is 0.599. The molecule has 0 aliphatic carbocycles. The van der Waals surface area contributed by atoms with Crippen LogP contribution in [0.2, 0.25) is 0 Å². The van der Waals surface area contributed by atoms with Crippen LogP contribution in [-0.4, -0.2) is 15.0 Å². The molecule has 1 unspecified atom stereocenters. The fourth-order valence-corrected chi connectivity index (χ4v) is 5.98. The summed E-state index contributed by atoms with van der Waals surface area (Å²) >= 11 is 0. The molecule has 0 fully saturated rings. The van der Waals surface area contributed by atoms with Gasteiger partial charge in [-0.15, -0.1) is 0 Å². The van der Waals surface area contributed by atoms with Crippen LogP contribution in [-0.2, 0) is 10.0 Å². The van der Waals surface area contributed by atoms with Gasteiger partial charge in [0.25, 0.3) is 0 Å². The molecule has 29 heavy (non-hydrogen) atoms. The van der Waals surface area contributed by atoms with Crippen molar-refractivity contribution in [3.63, 3.8) is 0 Å². The summed E-state index contributed by atoms with van der Waals surface area (Å²) in [4.78, 5) is 0.475. The lowest BCUT2D eigenvalue weighted by Crippen LogP contribution is -2.34. The summed E-state index contributed by atoms with van der Waals surface area (Å²) in [5.41, 5.74) is 5.04. The molecule has 0 amide bonds. The molecule has 1 aliphatic heterocycles. The number of nitrogens with one attached hydrogen (secondary N) is 2. The highest BCUT2D eigenvalue weighted by Gasteiger charge is 2.31. The van der Waals surface area contributed by atoms with Crippen LogP contribution >= 0.6 is 0 Å². The maximum atomic E-state index is 13.7. The Hall–Kier alpha value is -1.85. The molecular formula is C24H34N2O2S. The smallest absolute Gasteiger partial charge is 0.241 e. The molecule has 4 nitrogen and oxygen atoms in total. The third kappa shape index (κ3) is 4.51. The van der Waals surface area contributed by atoms with Crippen molar-refractivity contribution in [1.82, 2.24) is 4.72 Å². The van der Waals surface area contributed by atoms with E-state index in [0.29, 0.717) is 10.8 Å². The van der Waals surface area contributed by atoms with Gasteiger partial charge >= 0.3 is 0 Å². The van der Waals surface area contributed by atoms with Gasteiger partial charge in [-0.25, -0.2) is 13.1 Å². The number of benzene rings is 2. The van der Waals surface area contributed by atoms with E-state index in [0.717, 1.165) is 35.3 Å². The second kappa shape index (κ2) is 8.49. The van der Waals surface area contributed by atoms with Gasteiger partial charge in [0.2, 0.25) is 10.0 Å². The Morgan fingerprint density at radius 3 is 2.07 bits per heavy atom. The average Bonchev–Trinajstić information content (AvgIpc) is 2.66. The maximum Gasteiger partial charge on any atom is 0.241 e. The summed E-state index contributed by atoms with van der Waals surface area (Å²) in [7, 11) is -3.67. The van der Waals surface area contributed by atoms with Gasteiger partial charge in [-0.2, -0.15) is 0 Å². The normalized spacial score (nSPS) is 16.9. The van der Waals surface area contributed by atoms with E-state index in [-0.39, 0.29) is 17.9 Å². The lowest BCUT2D eigenvalue weighted by Gasteiger charge is -2.29. The number of anilines is 1. The first-order valence-electron chi connectivity index (χ1n) is 10.6. The van der Waals surface area contributed by atoms with Crippen molar-refractivity contribution in [3.05, 3.63) is 58.7 Å². The van der Waals surface area contributed by atoms with E-state index in [1.165, 1.54) is 5.56 Å². The highest BCUT2D eigenvalue weighted by atomic mass is 32.2. The standard InChI is InChI=1S/C24H34N2O2S/c1-15(2)18-13-20(16(3)4)24(21(14-18)17(5)6)29(27,28)26-23-11-12-25-22-10-8-7-9-19(22)23/h7-10,13-17,23,25-26H,11-12H2,1-6H3. The van der Waals surface area contributed by atoms with Gasteiger partial charge in [0.15, 0.2) is 0 Å². The van der Waals surface area contributed by atoms with Crippen molar-refractivity contribution in [2.24, 2.45) is 0 Å². The Morgan fingerprint density at radius 2 is 1.52 bits per heavy atom. The first-order chi connectivity index (χ1) is 13.6. The third-order valence-corrected chi connectivity index (χ3v) is 7.33. The van der Waals surface area contributed by atoms with Crippen molar-refractivity contribution in [2.75, 3.05) is 11.9 Å². The monoisotopic (exact) mass is 414 g/mol. The van der Waals surface area contributed by atoms with E-state index >= 15 is 0 Å². The van der Waals surface area contributed by atoms with E-state index in [9.17, 15) is 8.42 Å². The van der Waals surface area contributed by atoms with Crippen LogP contribution in [0, 0.1) is 0 Å². The summed E-state index contributed by atoms with van der Waals surface area (Å²) < 4.78 is 30.5. The Kier molecular flexibility index (Phi) is 6.39. The second-order valence-electron chi connectivity index (χ2n) is 8.97. The van der Waals surface area contributed by atoms with Crippen molar-refractivity contribution in [2.45, 2.75) is 76.7 Å². The van der Waals surface area contributed by atoms with Crippen molar-refractivity contribution < 1.29 is 8.42 Å². The van der Waals surface area contributed by atoms with Gasteiger partial charge in [-0.3, -0.25) is 0 Å². The molecular weight excluding hydrogens is 380 g/mol. The molecule has 3 rings (SSSR count). The second-order valence-corrected chi connectivity index (χ2v) is 10.6. The van der Waals surface area contributed by atoms with E-state index in [4.69, 9.17) is 0 Å². The number of rotatable bonds is 6. The number of fused-ring (bicyclic) bond motifs is 1. The predicted octanol–water partition coefficient (Wildman–Crippen LogP) is 5.89. The Balaban J connectivity index is 2.11. The van der Waals surface area contributed by atoms with Crippen molar-refractivity contribution in [1.29, 1.82) is 0 Å². The molecule has 2 N–H and O–H groups in total. The molecule has 0 saturated carbocycles. The van der Waals surface area contributed by atoms with Gasteiger partial charge in [-0.05, 0) is 52.5 Å². The molecule has 158 valence electrons. The zero-order valence-corrected chi connectivity index (χ0v) is 19.2. The molecule has 1 heterocycles. The molecule has 1 atom stereocenters. The topological polar surface area (TPSA) is 58.2 Å². The third-order valence-electron chi connectivity index (χ3n) is 5.73. The maximum absolute atomic E-state index is 13.7. The summed E-state index contributed by atoms with van der Waals surface area (Å²) in [6.45, 7) is 13.4. The number of sulfonamides is 1. The zero-order valence-electron chi connectivity index (χ0n) is 18.4. The molecule has 5 heteroatoms. The highest BCUT2D eigenvalue weighted by molar-refractivity contribution is 7.89. The molecule has 0 saturated heterocycles. The molecule has 0 bridgehead atoms. The number of para-hydroxylation sites is 1. The van der Waals surface area contributed by atoms with Crippen LogP contribution in [0.15, 0.2) is 41.3 Å². The fourth-order valence-electron chi connectivity index (χ4n) is 4.04. The van der Waals surface area contributed by atoms with Crippen molar-refractivity contribution >= 4 is 15.7 Å². The van der Waals surface area contributed by atoms with E-state index in [1.807, 2.05) is 24.3 Å². The SMILES string of the molecule is CC(C)c1cc(C(C)C)c(S(=O)(=O)NC2CCNc3ccccc32)c(C(C)C)c1. The van der Waals surface area contributed by atoms with Gasteiger partial charge in [-0.1, -0.05) is 71.9 Å². The molecule has 2 aromatic carbocycles. The molecule has 0 aromatic heterocycles. The Bertz CT molecular complexity index is 949. The molecule has 2 aromatic rings. The van der Waals surface area contributed by atoms with Crippen LogP contribution in [0.3, 0.4) is 0 Å². The van der Waals surface area contributed by atoms with Gasteiger partial charge in [0, 0.05) is 12.2 Å². The van der Waals surface area contributed by atoms with E-state index in [2.05, 4.69) is 63.7 Å². The lowest BCUT2D eigenvalue weighted by atomic mass is 9.89. The van der Waals surface area contributed by atoms with Crippen molar-refractivity contribution in [3.8, 4) is 0 Å². The minimum absolute atomic E-state index is 0.123. The molecule has 0 spiro atoms. The Morgan fingerprint density at radius 1 is 0.931 bits per heavy atom. The number of hydrogen-bond donors (Lipinski definition) is 2. The first-order valence-corrected chi connectivity index (χ1v) is 12.1. The average molecular weight is 415 g/mol. The first kappa shape index (κ1) is 21.8. The van der Waals surface area contributed by atoms with Gasteiger partial charge < -0.3 is 5.32 Å². The van der Waals surface area contributed by atoms with Crippen LogP contribution in [0.5, 0.6) is 0 Å². The van der Waals surface area contributed by atoms with E-state index < -0.39 is 10.0 Å². The Labute approximate surface area is 176 Å². The summed E-state index contributed by atoms with van der Waals surface area (Å²) in [6.07, 6.45) is 0.731. The minimum atomic E-state index is -3.67. The van der Waals surface area contributed by atoms with Gasteiger partial charge in [0.05, 0.1) is 10.9 Å². The van der Waals surface area contributed by atoms with Crippen LogP contribution in [0.1, 0.15) is 94.0 Å². The molecule has 1 aliphatic rings. The van der Waals surface area contributed by atoms with Crippen LogP contribution in [0.25, 0.3) is 0 Å². The lowest BCUT2D eigenvalue weighted by molar-refractivity contribution is 0.537. The zero-order chi connectivity index (χ0) is 21.3. The number of hydrogen-bond acceptors (Lipinski definition) is 3. The van der Waals surface area contributed by atoms with Crippen LogP contribution in [0.4, 0.5) is 5.69 Å². The fraction of sp³-hybridized carbons (Fsp3) is 0.500. The summed E-state index contributed by atoms with van der Waals surface area (Å²) in [6, 6.07) is 11.9. The van der Waals surface area contributed by atoms with Gasteiger partial charge in [0.1, 0.15) is 0 Å². The van der Waals surface area contributed by atoms with Crippen LogP contribution < -0.4 is 10.0 Å².